The highest BCUT2D eigenvalue weighted by atomic mass is 16.2. The summed E-state index contributed by atoms with van der Waals surface area (Å²) in [5.41, 5.74) is 1.01. The fourth-order valence-corrected chi connectivity index (χ4v) is 4.30. The zero-order valence-electron chi connectivity index (χ0n) is 21.4. The minimum atomic E-state index is -0.553. The molecule has 0 bridgehead atoms. The summed E-state index contributed by atoms with van der Waals surface area (Å²) in [6.45, 7) is 0. The van der Waals surface area contributed by atoms with Gasteiger partial charge in [-0.05, 0) is 46.5 Å². The summed E-state index contributed by atoms with van der Waals surface area (Å²) in [6.07, 6.45) is 6.50. The third kappa shape index (κ3) is 5.47. The summed E-state index contributed by atoms with van der Waals surface area (Å²) in [4.78, 5) is 54.8. The third-order valence-electron chi connectivity index (χ3n) is 6.27. The number of pyridine rings is 2. The summed E-state index contributed by atoms with van der Waals surface area (Å²) in [5, 5.41) is 0. The molecule has 0 saturated carbocycles. The van der Waals surface area contributed by atoms with Crippen LogP contribution in [0.5, 0.6) is 0 Å². The number of Topliss-reactive ketones (excluding diaryl/α,β-unsaturated/α-hetero) is 4. The van der Waals surface area contributed by atoms with E-state index in [1.165, 1.54) is 15.2 Å². The number of carbonyl (C=O) groups is 4. The van der Waals surface area contributed by atoms with Gasteiger partial charge in [-0.25, -0.2) is 0 Å². The first-order chi connectivity index (χ1) is 19.5. The Balaban J connectivity index is 1.53. The van der Waals surface area contributed by atoms with Gasteiger partial charge in [0.25, 0.3) is 0 Å². The molecule has 5 rings (SSSR count). The first-order valence-corrected chi connectivity index (χ1v) is 12.6. The van der Waals surface area contributed by atoms with Crippen LogP contribution in [0.1, 0.15) is 41.4 Å². The minimum absolute atomic E-state index is 0.0848. The van der Waals surface area contributed by atoms with E-state index < -0.39 is 23.1 Å². The molecule has 0 spiro atoms. The van der Waals surface area contributed by atoms with Crippen molar-refractivity contribution in [2.75, 3.05) is 0 Å². The van der Waals surface area contributed by atoms with Gasteiger partial charge in [-0.1, -0.05) is 91.0 Å². The van der Waals surface area contributed by atoms with Crippen molar-refractivity contribution in [1.29, 1.82) is 0 Å². The predicted molar refractivity (Wildman–Crippen MR) is 147 cm³/mol. The van der Waals surface area contributed by atoms with Gasteiger partial charge >= 0.3 is 0 Å². The lowest BCUT2D eigenvalue weighted by Gasteiger charge is -2.18. The quantitative estimate of drug-likeness (QED) is 0.116. The van der Waals surface area contributed by atoms with Gasteiger partial charge in [0.1, 0.15) is 24.8 Å². The van der Waals surface area contributed by atoms with Crippen molar-refractivity contribution in [1.82, 2.24) is 0 Å². The SMILES string of the molecule is O=C(c1ccccc1)[C-](C(=O)c1cccc(C(=O)[C-](C(=O)c2ccccc2)[n+]2ccccc2)c1)[n+]1ccccc1. The Morgan fingerprint density at radius 2 is 0.675 bits per heavy atom. The normalized spacial score (nSPS) is 10.4. The second-order valence-corrected chi connectivity index (χ2v) is 8.89. The molecular formula is C34H24N2O4. The van der Waals surface area contributed by atoms with Crippen LogP contribution < -0.4 is 9.13 Å². The van der Waals surface area contributed by atoms with Crippen molar-refractivity contribution in [3.05, 3.63) is 180 Å². The van der Waals surface area contributed by atoms with Crippen LogP contribution in [-0.2, 0) is 0 Å². The number of ketones is 4. The van der Waals surface area contributed by atoms with E-state index in [2.05, 4.69) is 0 Å². The van der Waals surface area contributed by atoms with Gasteiger partial charge in [-0.3, -0.25) is 28.3 Å². The Labute approximate surface area is 231 Å². The van der Waals surface area contributed by atoms with E-state index in [-0.39, 0.29) is 23.2 Å². The Kier molecular flexibility index (Phi) is 7.69. The highest BCUT2D eigenvalue weighted by Gasteiger charge is 2.34. The van der Waals surface area contributed by atoms with E-state index in [1.807, 2.05) is 0 Å². The molecule has 2 heterocycles. The van der Waals surface area contributed by atoms with E-state index in [4.69, 9.17) is 0 Å². The highest BCUT2D eigenvalue weighted by molar-refractivity contribution is 6.28. The molecular weight excluding hydrogens is 500 g/mol. The average Bonchev–Trinajstić information content (AvgIpc) is 3.03. The van der Waals surface area contributed by atoms with Gasteiger partial charge in [-0.2, -0.15) is 0 Å². The van der Waals surface area contributed by atoms with Crippen molar-refractivity contribution < 1.29 is 28.3 Å². The summed E-state index contributed by atoms with van der Waals surface area (Å²) < 4.78 is 2.95. The molecule has 0 unspecified atom stereocenters. The Morgan fingerprint density at radius 1 is 0.375 bits per heavy atom. The van der Waals surface area contributed by atoms with Gasteiger partial charge in [0.15, 0.2) is 23.1 Å². The van der Waals surface area contributed by atoms with E-state index in [0.717, 1.165) is 0 Å². The first kappa shape index (κ1) is 26.0. The zero-order chi connectivity index (χ0) is 27.9. The molecule has 2 aromatic heterocycles. The lowest BCUT2D eigenvalue weighted by atomic mass is 9.92. The molecule has 194 valence electrons. The molecule has 0 amide bonds. The van der Waals surface area contributed by atoms with Crippen molar-refractivity contribution >= 4 is 23.1 Å². The van der Waals surface area contributed by atoms with Crippen molar-refractivity contribution in [3.8, 4) is 0 Å². The molecule has 5 aromatic rings. The second-order valence-electron chi connectivity index (χ2n) is 8.89. The minimum Gasteiger partial charge on any atom is -0.300 e. The molecule has 0 aliphatic rings. The van der Waals surface area contributed by atoms with Crippen LogP contribution in [0.25, 0.3) is 0 Å². The standard InChI is InChI=1S/C34H24N2O4/c37-31(25-14-5-1-6-15-25)29(35-20-9-3-10-21-35)33(39)27-18-13-19-28(24-27)34(40)30(36-22-11-4-12-23-36)32(38)26-16-7-2-8-17-26/h1-24H. The Bertz CT molecular complexity index is 1530. The summed E-state index contributed by atoms with van der Waals surface area (Å²) in [6, 6.07) is 33.5. The van der Waals surface area contributed by atoms with Gasteiger partial charge < -0.3 is 0 Å². The predicted octanol–water partition coefficient (Wildman–Crippen LogP) is 4.55. The smallest absolute Gasteiger partial charge is 0.228 e. The molecule has 3 aromatic carbocycles. The van der Waals surface area contributed by atoms with Crippen LogP contribution in [0.15, 0.2) is 146 Å². The van der Waals surface area contributed by atoms with Crippen LogP contribution in [0.4, 0.5) is 0 Å². The Hall–Kier alpha value is -5.62. The maximum atomic E-state index is 13.9. The van der Waals surface area contributed by atoms with E-state index in [9.17, 15) is 19.2 Å². The number of hydrogen-bond donors (Lipinski definition) is 0. The first-order valence-electron chi connectivity index (χ1n) is 12.6. The van der Waals surface area contributed by atoms with Crippen LogP contribution in [-0.4, -0.2) is 23.1 Å². The molecule has 0 fully saturated rings. The van der Waals surface area contributed by atoms with Gasteiger partial charge in [0.05, 0.1) is 0 Å². The number of hydrogen-bond acceptors (Lipinski definition) is 4. The number of nitrogens with zero attached hydrogens (tertiary/aromatic N) is 2. The molecule has 0 saturated heterocycles. The number of benzene rings is 3. The topological polar surface area (TPSA) is 76.0 Å². The molecule has 0 aliphatic carbocycles. The molecule has 0 aliphatic heterocycles. The number of carbonyl (C=O) groups excluding carboxylic acids is 4. The average molecular weight is 525 g/mol. The second kappa shape index (κ2) is 11.8. The third-order valence-corrected chi connectivity index (χ3v) is 6.27. The maximum Gasteiger partial charge on any atom is 0.228 e. The van der Waals surface area contributed by atoms with Crippen LogP contribution in [0, 0.1) is 12.1 Å². The van der Waals surface area contributed by atoms with Gasteiger partial charge in [0, 0.05) is 0 Å². The lowest BCUT2D eigenvalue weighted by Crippen LogP contribution is -2.49. The molecule has 6 heteroatoms. The lowest BCUT2D eigenvalue weighted by molar-refractivity contribution is -0.639. The molecule has 6 nitrogen and oxygen atoms in total. The largest absolute Gasteiger partial charge is 0.300 e. The van der Waals surface area contributed by atoms with Gasteiger partial charge in [0.2, 0.25) is 12.1 Å². The van der Waals surface area contributed by atoms with Crippen LogP contribution in [0.2, 0.25) is 0 Å². The molecule has 0 N–H and O–H groups in total. The van der Waals surface area contributed by atoms with E-state index in [0.29, 0.717) is 11.1 Å². The molecule has 40 heavy (non-hydrogen) atoms. The fourth-order valence-electron chi connectivity index (χ4n) is 4.30. The Morgan fingerprint density at radius 3 is 1.05 bits per heavy atom. The summed E-state index contributed by atoms with van der Waals surface area (Å²) in [5.74, 6) is -2.01. The van der Waals surface area contributed by atoms with Crippen molar-refractivity contribution in [3.63, 3.8) is 0 Å². The maximum absolute atomic E-state index is 13.9. The summed E-state index contributed by atoms with van der Waals surface area (Å²) >= 11 is 0. The van der Waals surface area contributed by atoms with Gasteiger partial charge in [-0.15, -0.1) is 6.07 Å². The monoisotopic (exact) mass is 524 g/mol. The fraction of sp³-hybridized carbons (Fsp3) is 0. The summed E-state index contributed by atoms with van der Waals surface area (Å²) in [7, 11) is 0. The molecule has 0 radical (unpaired) electrons. The van der Waals surface area contributed by atoms with E-state index in [1.54, 1.807) is 140 Å². The number of rotatable bonds is 10. The zero-order valence-corrected chi connectivity index (χ0v) is 21.4. The van der Waals surface area contributed by atoms with Crippen molar-refractivity contribution in [2.45, 2.75) is 0 Å². The van der Waals surface area contributed by atoms with Crippen LogP contribution in [0.3, 0.4) is 0 Å². The highest BCUT2D eigenvalue weighted by Crippen LogP contribution is 2.20. The molecule has 0 atom stereocenters. The van der Waals surface area contributed by atoms with E-state index >= 15 is 0 Å². The number of aromatic nitrogens is 2. The van der Waals surface area contributed by atoms with Crippen molar-refractivity contribution in [2.24, 2.45) is 0 Å². The van der Waals surface area contributed by atoms with Crippen LogP contribution >= 0.6 is 0 Å².